The Morgan fingerprint density at radius 1 is 1.26 bits per heavy atom. The van der Waals surface area contributed by atoms with E-state index in [2.05, 4.69) is 32.1 Å². The number of aliphatic hydroxyl groups is 1. The van der Waals surface area contributed by atoms with Gasteiger partial charge in [0.25, 0.3) is 5.91 Å². The van der Waals surface area contributed by atoms with Crippen molar-refractivity contribution in [3.63, 3.8) is 0 Å². The fourth-order valence-electron chi connectivity index (χ4n) is 3.53. The number of rotatable bonds is 3. The lowest BCUT2D eigenvalue weighted by molar-refractivity contribution is -0.137. The highest BCUT2D eigenvalue weighted by Crippen LogP contribution is 2.30. The third kappa shape index (κ3) is 4.00. The van der Waals surface area contributed by atoms with Crippen LogP contribution in [-0.2, 0) is 4.79 Å². The van der Waals surface area contributed by atoms with E-state index in [0.29, 0.717) is 41.1 Å². The number of hydrogen-bond donors (Lipinski definition) is 3. The topological polar surface area (TPSA) is 117 Å². The van der Waals surface area contributed by atoms with Gasteiger partial charge in [-0.15, -0.1) is 0 Å². The van der Waals surface area contributed by atoms with E-state index >= 15 is 0 Å². The maximum absolute atomic E-state index is 12.2. The molecule has 0 spiro atoms. The van der Waals surface area contributed by atoms with E-state index in [1.165, 1.54) is 11.2 Å². The van der Waals surface area contributed by atoms with Crippen molar-refractivity contribution in [3.05, 3.63) is 42.2 Å². The smallest absolute Gasteiger partial charge is 0.267 e. The molecule has 1 amide bonds. The van der Waals surface area contributed by atoms with Crippen LogP contribution in [0.4, 0.5) is 11.5 Å². The predicted octanol–water partition coefficient (Wildman–Crippen LogP) is 2.04. The summed E-state index contributed by atoms with van der Waals surface area (Å²) in [6.45, 7) is 4.57. The second-order valence-electron chi connectivity index (χ2n) is 7.98. The Hall–Kier alpha value is -3.70. The molecule has 0 aliphatic carbocycles. The highest BCUT2D eigenvalue weighted by Gasteiger charge is 2.42. The zero-order chi connectivity index (χ0) is 22.2. The molecule has 158 valence electrons. The fraction of sp³-hybridized carbons (Fsp3) is 0.304. The molecule has 8 nitrogen and oxygen atoms in total. The number of fused-ring (bicyclic) bond motifs is 1. The Bertz CT molecular complexity index is 1230. The van der Waals surface area contributed by atoms with Crippen LogP contribution in [0.2, 0.25) is 0 Å². The molecule has 1 fully saturated rings. The number of likely N-dealkylation sites (tertiary alicyclic amines) is 1. The van der Waals surface area contributed by atoms with Gasteiger partial charge in [-0.05, 0) is 32.0 Å². The number of carbonyl (C=O) groups is 1. The number of pyridine rings is 1. The molecule has 2 aromatic heterocycles. The number of likely N-dealkylation sites (N-methyl/N-ethyl adjacent to an activating group) is 1. The highest BCUT2D eigenvalue weighted by molar-refractivity contribution is 5.95. The van der Waals surface area contributed by atoms with Crippen molar-refractivity contribution in [2.45, 2.75) is 31.9 Å². The lowest BCUT2D eigenvalue weighted by Crippen LogP contribution is -2.37. The summed E-state index contributed by atoms with van der Waals surface area (Å²) in [5, 5.41) is 13.9. The summed E-state index contributed by atoms with van der Waals surface area (Å²) >= 11 is 0. The minimum atomic E-state index is -1.63. The Morgan fingerprint density at radius 3 is 2.77 bits per heavy atom. The molecule has 1 saturated heterocycles. The van der Waals surface area contributed by atoms with E-state index < -0.39 is 5.60 Å². The molecular weight excluding hydrogens is 392 g/mol. The molecule has 3 heterocycles. The van der Waals surface area contributed by atoms with Gasteiger partial charge in [-0.25, -0.2) is 15.0 Å². The molecule has 0 radical (unpaired) electrons. The van der Waals surface area contributed by atoms with Crippen molar-refractivity contribution in [2.75, 3.05) is 24.6 Å². The minimum absolute atomic E-state index is 0.190. The lowest BCUT2D eigenvalue weighted by Gasteiger charge is -2.14. The zero-order valence-corrected chi connectivity index (χ0v) is 17.7. The van der Waals surface area contributed by atoms with Crippen LogP contribution in [0.5, 0.6) is 0 Å². The van der Waals surface area contributed by atoms with Gasteiger partial charge in [0.2, 0.25) is 5.60 Å². The standard InChI is InChI=1S/C23H24N6O2/c1-14(2)27-18-12-17(28-20-19(18)25-13-26-21(20)24)16-6-4-5-15(11-16)7-8-23(31)9-10-29(3)22(23)30/h4-6,11-14,31H,9-10H2,1-3H3,(H,27,28)(H2,24,25,26)/t23-/m0/s1. The molecule has 4 rings (SSSR count). The molecule has 8 heteroatoms. The van der Waals surface area contributed by atoms with E-state index in [1.807, 2.05) is 44.2 Å². The second kappa shape index (κ2) is 7.85. The summed E-state index contributed by atoms with van der Waals surface area (Å²) in [6, 6.07) is 9.58. The van der Waals surface area contributed by atoms with Gasteiger partial charge in [-0.1, -0.05) is 24.0 Å². The molecule has 1 aromatic carbocycles. The molecular formula is C23H24N6O2. The van der Waals surface area contributed by atoms with Crippen LogP contribution in [0, 0.1) is 11.8 Å². The van der Waals surface area contributed by atoms with Crippen molar-refractivity contribution >= 4 is 28.4 Å². The Balaban J connectivity index is 1.76. The fourth-order valence-corrected chi connectivity index (χ4v) is 3.53. The van der Waals surface area contributed by atoms with E-state index in [0.717, 1.165) is 11.3 Å². The molecule has 3 aromatic rings. The number of carbonyl (C=O) groups excluding carboxylic acids is 1. The number of benzene rings is 1. The van der Waals surface area contributed by atoms with Gasteiger partial charge >= 0.3 is 0 Å². The lowest BCUT2D eigenvalue weighted by atomic mass is 10.0. The van der Waals surface area contributed by atoms with E-state index in [-0.39, 0.29) is 11.9 Å². The molecule has 0 unspecified atom stereocenters. The summed E-state index contributed by atoms with van der Waals surface area (Å²) in [5.74, 6) is 5.63. The first-order chi connectivity index (χ1) is 14.8. The monoisotopic (exact) mass is 416 g/mol. The quantitative estimate of drug-likeness (QED) is 0.559. The average molecular weight is 416 g/mol. The number of nitrogens with two attached hydrogens (primary N) is 1. The third-order valence-electron chi connectivity index (χ3n) is 5.14. The maximum Gasteiger partial charge on any atom is 0.267 e. The Labute approximate surface area is 180 Å². The summed E-state index contributed by atoms with van der Waals surface area (Å²) in [7, 11) is 1.66. The van der Waals surface area contributed by atoms with E-state index in [1.54, 1.807) is 7.05 Å². The van der Waals surface area contributed by atoms with Gasteiger partial charge in [0.05, 0.1) is 11.4 Å². The summed E-state index contributed by atoms with van der Waals surface area (Å²) < 4.78 is 0. The number of anilines is 2. The summed E-state index contributed by atoms with van der Waals surface area (Å²) in [6.07, 6.45) is 1.72. The first-order valence-corrected chi connectivity index (χ1v) is 10.1. The van der Waals surface area contributed by atoms with E-state index in [4.69, 9.17) is 5.73 Å². The maximum atomic E-state index is 12.2. The molecule has 1 atom stereocenters. The number of aromatic nitrogens is 3. The summed E-state index contributed by atoms with van der Waals surface area (Å²) in [5.41, 5.74) is 8.61. The molecule has 4 N–H and O–H groups in total. The number of nitrogen functional groups attached to an aromatic ring is 1. The minimum Gasteiger partial charge on any atom is -0.382 e. The summed E-state index contributed by atoms with van der Waals surface area (Å²) in [4.78, 5) is 26.7. The van der Waals surface area contributed by atoms with Gasteiger partial charge in [-0.2, -0.15) is 0 Å². The average Bonchev–Trinajstić information content (AvgIpc) is 3.00. The molecule has 0 bridgehead atoms. The van der Waals surface area contributed by atoms with Gasteiger partial charge in [0, 0.05) is 37.2 Å². The van der Waals surface area contributed by atoms with Crippen molar-refractivity contribution in [1.29, 1.82) is 0 Å². The predicted molar refractivity (Wildman–Crippen MR) is 120 cm³/mol. The van der Waals surface area contributed by atoms with Crippen LogP contribution in [-0.4, -0.2) is 56.1 Å². The molecule has 31 heavy (non-hydrogen) atoms. The number of nitrogens with zero attached hydrogens (tertiary/aromatic N) is 4. The van der Waals surface area contributed by atoms with Crippen LogP contribution in [0.3, 0.4) is 0 Å². The highest BCUT2D eigenvalue weighted by atomic mass is 16.3. The van der Waals surface area contributed by atoms with Crippen molar-refractivity contribution in [2.24, 2.45) is 0 Å². The first-order valence-electron chi connectivity index (χ1n) is 10.1. The van der Waals surface area contributed by atoms with Gasteiger partial charge in [-0.3, -0.25) is 4.79 Å². The van der Waals surface area contributed by atoms with Crippen LogP contribution < -0.4 is 11.1 Å². The Morgan fingerprint density at radius 2 is 2.06 bits per heavy atom. The van der Waals surface area contributed by atoms with Gasteiger partial charge < -0.3 is 21.1 Å². The van der Waals surface area contributed by atoms with Crippen LogP contribution in [0.1, 0.15) is 25.8 Å². The number of amides is 1. The normalized spacial score (nSPS) is 18.4. The van der Waals surface area contributed by atoms with Gasteiger partial charge in [0.15, 0.2) is 5.82 Å². The van der Waals surface area contributed by atoms with Crippen molar-refractivity contribution < 1.29 is 9.90 Å². The second-order valence-corrected chi connectivity index (χ2v) is 7.98. The SMILES string of the molecule is CC(C)Nc1cc(-c2cccc(C#C[C@]3(O)CCN(C)C3=O)c2)nc2c(N)ncnc12. The molecule has 1 aliphatic rings. The number of hydrogen-bond acceptors (Lipinski definition) is 7. The Kier molecular flexibility index (Phi) is 5.21. The van der Waals surface area contributed by atoms with E-state index in [9.17, 15) is 9.90 Å². The van der Waals surface area contributed by atoms with Crippen molar-refractivity contribution in [3.8, 4) is 23.1 Å². The number of nitrogens with one attached hydrogen (secondary N) is 1. The molecule has 0 saturated carbocycles. The van der Waals surface area contributed by atoms with Crippen LogP contribution in [0.25, 0.3) is 22.3 Å². The van der Waals surface area contributed by atoms with Crippen LogP contribution >= 0.6 is 0 Å². The van der Waals surface area contributed by atoms with Crippen LogP contribution in [0.15, 0.2) is 36.7 Å². The van der Waals surface area contributed by atoms with Gasteiger partial charge in [0.1, 0.15) is 17.4 Å². The largest absolute Gasteiger partial charge is 0.382 e. The first kappa shape index (κ1) is 20.6. The molecule has 1 aliphatic heterocycles. The zero-order valence-electron chi connectivity index (χ0n) is 17.7. The van der Waals surface area contributed by atoms with Crippen molar-refractivity contribution in [1.82, 2.24) is 19.9 Å². The third-order valence-corrected chi connectivity index (χ3v) is 5.14.